The lowest BCUT2D eigenvalue weighted by atomic mass is 10.1. The summed E-state index contributed by atoms with van der Waals surface area (Å²) in [7, 11) is -3.61. The number of carbonyl (C=O) groups is 2. The number of carbonyl (C=O) groups excluding carboxylic acids is 1. The van der Waals surface area contributed by atoms with E-state index in [1.54, 1.807) is 24.3 Å². The molecule has 0 aliphatic heterocycles. The van der Waals surface area contributed by atoms with Gasteiger partial charge in [-0.2, -0.15) is 0 Å². The lowest BCUT2D eigenvalue weighted by Gasteiger charge is -2.21. The normalized spacial score (nSPS) is 11.1. The number of amides is 1. The molecule has 0 spiro atoms. The number of hydrogen-bond acceptors (Lipinski definition) is 4. The summed E-state index contributed by atoms with van der Waals surface area (Å²) < 4.78 is 24.6. The minimum Gasteiger partial charge on any atom is -0.480 e. The smallest absolute Gasteiger partial charge is 0.323 e. The molecule has 0 atom stereocenters. The highest BCUT2D eigenvalue weighted by Gasteiger charge is 2.23. The fraction of sp³-hybridized carbons (Fsp3) is 0.300. The third kappa shape index (κ3) is 7.62. The molecule has 0 aromatic heterocycles. The minimum atomic E-state index is -3.61. The first-order valence-corrected chi connectivity index (χ1v) is 10.5. The van der Waals surface area contributed by atoms with Crippen molar-refractivity contribution in [1.82, 2.24) is 4.90 Å². The first-order chi connectivity index (χ1) is 12.9. The Labute approximate surface area is 159 Å². The van der Waals surface area contributed by atoms with Crippen molar-refractivity contribution in [3.63, 3.8) is 0 Å². The number of hydrogen-bond donors (Lipinski definition) is 1. The average Bonchev–Trinajstić information content (AvgIpc) is 2.62. The molecule has 2 aromatic rings. The first-order valence-electron chi connectivity index (χ1n) is 8.63. The zero-order valence-electron chi connectivity index (χ0n) is 15.0. The van der Waals surface area contributed by atoms with Crippen LogP contribution in [-0.2, 0) is 32.4 Å². The number of carboxylic acids is 1. The maximum atomic E-state index is 12.4. The molecule has 0 saturated heterocycles. The zero-order valence-corrected chi connectivity index (χ0v) is 15.8. The Hall–Kier alpha value is -2.67. The van der Waals surface area contributed by atoms with E-state index < -0.39 is 34.0 Å². The molecule has 7 heteroatoms. The molecule has 2 rings (SSSR count). The second kappa shape index (κ2) is 9.87. The van der Waals surface area contributed by atoms with Gasteiger partial charge in [-0.3, -0.25) is 9.59 Å². The van der Waals surface area contributed by atoms with E-state index >= 15 is 0 Å². The summed E-state index contributed by atoms with van der Waals surface area (Å²) in [6.07, 6.45) is 1.02. The van der Waals surface area contributed by atoms with Gasteiger partial charge in [0.25, 0.3) is 0 Å². The molecule has 0 radical (unpaired) electrons. The standard InChI is InChI=1S/C20H23NO5S/c22-19(21(15-20(23)24)14-18-10-5-2-6-11-18)16-27(25,26)13-7-12-17-8-3-1-4-9-17/h1-6,8-11H,7,12-16H2,(H,23,24). The van der Waals surface area contributed by atoms with E-state index in [2.05, 4.69) is 0 Å². The Morgan fingerprint density at radius 1 is 0.889 bits per heavy atom. The van der Waals surface area contributed by atoms with Crippen LogP contribution in [0.1, 0.15) is 17.5 Å². The lowest BCUT2D eigenvalue weighted by Crippen LogP contribution is -2.39. The van der Waals surface area contributed by atoms with Crippen molar-refractivity contribution >= 4 is 21.7 Å². The van der Waals surface area contributed by atoms with Crippen molar-refractivity contribution in [2.75, 3.05) is 18.1 Å². The fourth-order valence-electron chi connectivity index (χ4n) is 2.69. The van der Waals surface area contributed by atoms with E-state index in [0.29, 0.717) is 12.8 Å². The Morgan fingerprint density at radius 2 is 1.44 bits per heavy atom. The van der Waals surface area contributed by atoms with Gasteiger partial charge < -0.3 is 10.0 Å². The molecule has 0 aliphatic rings. The molecule has 0 aliphatic carbocycles. The van der Waals surface area contributed by atoms with Crippen LogP contribution < -0.4 is 0 Å². The van der Waals surface area contributed by atoms with E-state index in [1.165, 1.54) is 0 Å². The SMILES string of the molecule is O=C(O)CN(Cc1ccccc1)C(=O)CS(=O)(=O)CCCc1ccccc1. The number of aryl methyl sites for hydroxylation is 1. The van der Waals surface area contributed by atoms with Gasteiger partial charge in [-0.1, -0.05) is 60.7 Å². The van der Waals surface area contributed by atoms with Crippen LogP contribution in [0, 0.1) is 0 Å². The lowest BCUT2D eigenvalue weighted by molar-refractivity contribution is -0.143. The van der Waals surface area contributed by atoms with Crippen LogP contribution in [0.2, 0.25) is 0 Å². The summed E-state index contributed by atoms with van der Waals surface area (Å²) >= 11 is 0. The van der Waals surface area contributed by atoms with E-state index in [0.717, 1.165) is 16.0 Å². The van der Waals surface area contributed by atoms with Gasteiger partial charge in [0, 0.05) is 6.54 Å². The highest BCUT2D eigenvalue weighted by atomic mass is 32.2. The van der Waals surface area contributed by atoms with Crippen LogP contribution >= 0.6 is 0 Å². The molecular weight excluding hydrogens is 366 g/mol. The summed E-state index contributed by atoms with van der Waals surface area (Å²) in [6.45, 7) is -0.473. The summed E-state index contributed by atoms with van der Waals surface area (Å²) in [5.74, 6) is -2.66. The van der Waals surface area contributed by atoms with Crippen LogP contribution in [0.25, 0.3) is 0 Å². The molecule has 6 nitrogen and oxygen atoms in total. The number of benzene rings is 2. The van der Waals surface area contributed by atoms with Crippen molar-refractivity contribution in [1.29, 1.82) is 0 Å². The molecule has 1 N–H and O–H groups in total. The molecular formula is C20H23NO5S. The van der Waals surface area contributed by atoms with Gasteiger partial charge in [0.05, 0.1) is 5.75 Å². The van der Waals surface area contributed by atoms with Gasteiger partial charge in [-0.15, -0.1) is 0 Å². The molecule has 0 heterocycles. The van der Waals surface area contributed by atoms with E-state index in [4.69, 9.17) is 5.11 Å². The maximum Gasteiger partial charge on any atom is 0.323 e. The second-order valence-electron chi connectivity index (χ2n) is 6.31. The first kappa shape index (κ1) is 20.6. The summed E-state index contributed by atoms with van der Waals surface area (Å²) in [5.41, 5.74) is 1.78. The number of nitrogens with zero attached hydrogens (tertiary/aromatic N) is 1. The van der Waals surface area contributed by atoms with Gasteiger partial charge >= 0.3 is 5.97 Å². The molecule has 144 valence electrons. The maximum absolute atomic E-state index is 12.4. The predicted molar refractivity (Wildman–Crippen MR) is 103 cm³/mol. The number of aliphatic carboxylic acids is 1. The monoisotopic (exact) mass is 389 g/mol. The second-order valence-corrected chi connectivity index (χ2v) is 8.49. The Morgan fingerprint density at radius 3 is 2.00 bits per heavy atom. The van der Waals surface area contributed by atoms with Gasteiger partial charge in [0.2, 0.25) is 5.91 Å². The molecule has 2 aromatic carbocycles. The quantitative estimate of drug-likeness (QED) is 0.672. The summed E-state index contributed by atoms with van der Waals surface area (Å²) in [4.78, 5) is 24.5. The van der Waals surface area contributed by atoms with Crippen molar-refractivity contribution in [3.05, 3.63) is 71.8 Å². The third-order valence-corrected chi connectivity index (χ3v) is 5.60. The average molecular weight is 389 g/mol. The van der Waals surface area contributed by atoms with Crippen LogP contribution in [0.5, 0.6) is 0 Å². The van der Waals surface area contributed by atoms with Crippen LogP contribution in [0.15, 0.2) is 60.7 Å². The van der Waals surface area contributed by atoms with E-state index in [-0.39, 0.29) is 12.3 Å². The van der Waals surface area contributed by atoms with Crippen LogP contribution in [-0.4, -0.2) is 48.4 Å². The molecule has 0 unspecified atom stereocenters. The Bertz CT molecular complexity index is 850. The van der Waals surface area contributed by atoms with Crippen molar-refractivity contribution < 1.29 is 23.1 Å². The number of sulfone groups is 1. The van der Waals surface area contributed by atoms with Gasteiger partial charge in [-0.05, 0) is 24.0 Å². The van der Waals surface area contributed by atoms with Gasteiger partial charge in [-0.25, -0.2) is 8.42 Å². The van der Waals surface area contributed by atoms with Crippen molar-refractivity contribution in [2.45, 2.75) is 19.4 Å². The van der Waals surface area contributed by atoms with Gasteiger partial charge in [0.15, 0.2) is 9.84 Å². The molecule has 1 amide bonds. The largest absolute Gasteiger partial charge is 0.480 e. The van der Waals surface area contributed by atoms with Crippen molar-refractivity contribution in [2.24, 2.45) is 0 Å². The van der Waals surface area contributed by atoms with Crippen molar-refractivity contribution in [3.8, 4) is 0 Å². The molecule has 0 bridgehead atoms. The molecule has 27 heavy (non-hydrogen) atoms. The third-order valence-electron chi connectivity index (χ3n) is 4.00. The Balaban J connectivity index is 1.94. The van der Waals surface area contributed by atoms with Gasteiger partial charge in [0.1, 0.15) is 12.3 Å². The number of rotatable bonds is 10. The Kier molecular flexibility index (Phi) is 7.55. The van der Waals surface area contributed by atoms with E-state index in [9.17, 15) is 18.0 Å². The summed E-state index contributed by atoms with van der Waals surface area (Å²) in [6, 6.07) is 18.4. The predicted octanol–water partition coefficient (Wildman–Crippen LogP) is 2.15. The van der Waals surface area contributed by atoms with Crippen LogP contribution in [0.3, 0.4) is 0 Å². The minimum absolute atomic E-state index is 0.0610. The summed E-state index contributed by atoms with van der Waals surface area (Å²) in [5, 5.41) is 9.03. The number of carboxylic acid groups (broad SMARTS) is 1. The molecule has 0 fully saturated rings. The van der Waals surface area contributed by atoms with E-state index in [1.807, 2.05) is 36.4 Å². The highest BCUT2D eigenvalue weighted by molar-refractivity contribution is 7.92. The topological polar surface area (TPSA) is 91.8 Å². The van der Waals surface area contributed by atoms with Crippen LogP contribution in [0.4, 0.5) is 0 Å². The fourth-order valence-corrected chi connectivity index (χ4v) is 3.98. The molecule has 0 saturated carbocycles. The highest BCUT2D eigenvalue weighted by Crippen LogP contribution is 2.08. The zero-order chi connectivity index (χ0) is 19.7.